The van der Waals surface area contributed by atoms with Gasteiger partial charge in [0.1, 0.15) is 6.61 Å². The Hall–Kier alpha value is -1.96. The minimum absolute atomic E-state index is 0.244. The predicted molar refractivity (Wildman–Crippen MR) is 98.3 cm³/mol. The summed E-state index contributed by atoms with van der Waals surface area (Å²) in [7, 11) is -3.46. The molecule has 1 fully saturated rings. The Kier molecular flexibility index (Phi) is 5.90. The van der Waals surface area contributed by atoms with E-state index in [0.717, 1.165) is 5.56 Å². The number of nitrogens with zero attached hydrogens (tertiary/aromatic N) is 2. The van der Waals surface area contributed by atoms with Crippen LogP contribution in [-0.2, 0) is 10.0 Å². The van der Waals surface area contributed by atoms with Crippen LogP contribution in [-0.4, -0.2) is 57.0 Å². The van der Waals surface area contributed by atoms with E-state index in [1.807, 2.05) is 19.1 Å². The number of hydrogen-bond donors (Lipinski definition) is 0. The van der Waals surface area contributed by atoms with Gasteiger partial charge in [-0.25, -0.2) is 12.8 Å². The number of sulfonamides is 1. The summed E-state index contributed by atoms with van der Waals surface area (Å²) in [5.74, 6) is -0.130. The third-order valence-electron chi connectivity index (χ3n) is 4.54. The van der Waals surface area contributed by atoms with Crippen molar-refractivity contribution in [1.29, 1.82) is 0 Å². The van der Waals surface area contributed by atoms with E-state index in [1.165, 1.54) is 10.4 Å². The molecule has 0 aliphatic carbocycles. The van der Waals surface area contributed by atoms with E-state index in [4.69, 9.17) is 4.74 Å². The molecule has 0 saturated carbocycles. The van der Waals surface area contributed by atoms with Crippen LogP contribution in [0.5, 0.6) is 5.75 Å². The van der Waals surface area contributed by atoms with Gasteiger partial charge in [0, 0.05) is 32.7 Å². The zero-order chi connectivity index (χ0) is 18.6. The minimum atomic E-state index is -3.46. The van der Waals surface area contributed by atoms with Crippen LogP contribution < -0.4 is 4.74 Å². The van der Waals surface area contributed by atoms with Crippen LogP contribution in [0.1, 0.15) is 5.56 Å². The molecule has 0 N–H and O–H groups in total. The summed E-state index contributed by atoms with van der Waals surface area (Å²) in [5.41, 5.74) is 0.758. The average molecular weight is 378 g/mol. The second-order valence-electron chi connectivity index (χ2n) is 6.29. The molecule has 0 spiro atoms. The normalized spacial score (nSPS) is 16.5. The van der Waals surface area contributed by atoms with Gasteiger partial charge in [0.25, 0.3) is 0 Å². The van der Waals surface area contributed by atoms with E-state index in [1.54, 1.807) is 30.3 Å². The maximum absolute atomic E-state index is 13.5. The fourth-order valence-electron chi connectivity index (χ4n) is 3.02. The first-order valence-corrected chi connectivity index (χ1v) is 10.1. The van der Waals surface area contributed by atoms with Gasteiger partial charge in [-0.2, -0.15) is 4.31 Å². The van der Waals surface area contributed by atoms with Crippen molar-refractivity contribution in [2.75, 3.05) is 39.3 Å². The lowest BCUT2D eigenvalue weighted by molar-refractivity contribution is 0.157. The van der Waals surface area contributed by atoms with Crippen LogP contribution in [0.2, 0.25) is 0 Å². The molecule has 2 aromatic carbocycles. The van der Waals surface area contributed by atoms with Gasteiger partial charge < -0.3 is 4.74 Å². The van der Waals surface area contributed by atoms with Crippen LogP contribution in [0.25, 0.3) is 0 Å². The van der Waals surface area contributed by atoms with Gasteiger partial charge in [0.2, 0.25) is 10.0 Å². The van der Waals surface area contributed by atoms with Crippen molar-refractivity contribution in [2.24, 2.45) is 0 Å². The Morgan fingerprint density at radius 3 is 2.35 bits per heavy atom. The Morgan fingerprint density at radius 2 is 1.65 bits per heavy atom. The first kappa shape index (κ1) is 18.8. The van der Waals surface area contributed by atoms with Gasteiger partial charge in [-0.05, 0) is 30.7 Å². The summed E-state index contributed by atoms with van der Waals surface area (Å²) >= 11 is 0. The maximum Gasteiger partial charge on any atom is 0.243 e. The van der Waals surface area contributed by atoms with Gasteiger partial charge in [-0.1, -0.05) is 30.3 Å². The van der Waals surface area contributed by atoms with Crippen LogP contribution in [0.4, 0.5) is 4.39 Å². The van der Waals surface area contributed by atoms with Gasteiger partial charge in [0.15, 0.2) is 11.6 Å². The van der Waals surface area contributed by atoms with Crippen molar-refractivity contribution < 1.29 is 17.5 Å². The van der Waals surface area contributed by atoms with Crippen molar-refractivity contribution in [3.8, 4) is 5.75 Å². The molecule has 0 radical (unpaired) electrons. The van der Waals surface area contributed by atoms with Crippen molar-refractivity contribution in [3.05, 3.63) is 59.9 Å². The molecule has 3 rings (SSSR count). The lowest BCUT2D eigenvalue weighted by Gasteiger charge is -2.34. The molecule has 5 nitrogen and oxygen atoms in total. The Bertz CT molecular complexity index is 849. The molecule has 1 aliphatic rings. The number of piperazine rings is 1. The van der Waals surface area contributed by atoms with Crippen molar-refractivity contribution in [3.63, 3.8) is 0 Å². The quantitative estimate of drug-likeness (QED) is 0.775. The molecule has 26 heavy (non-hydrogen) atoms. The van der Waals surface area contributed by atoms with E-state index in [9.17, 15) is 12.8 Å². The standard InChI is InChI=1S/C19H23FN2O3S/c1-16-6-2-5-9-19(16)26(23,24)22-12-10-21(11-13-22)14-15-25-18-8-4-3-7-17(18)20/h2-9H,10-15H2,1H3. The van der Waals surface area contributed by atoms with E-state index < -0.39 is 10.0 Å². The van der Waals surface area contributed by atoms with Crippen LogP contribution in [0.15, 0.2) is 53.4 Å². The van der Waals surface area contributed by atoms with E-state index in [0.29, 0.717) is 44.2 Å². The molecule has 1 aliphatic heterocycles. The Morgan fingerprint density at radius 1 is 1.00 bits per heavy atom. The minimum Gasteiger partial charge on any atom is -0.489 e. The lowest BCUT2D eigenvalue weighted by atomic mass is 10.2. The van der Waals surface area contributed by atoms with Crippen molar-refractivity contribution in [2.45, 2.75) is 11.8 Å². The second-order valence-corrected chi connectivity index (χ2v) is 8.20. The largest absolute Gasteiger partial charge is 0.489 e. The Balaban J connectivity index is 1.51. The van der Waals surface area contributed by atoms with E-state index in [2.05, 4.69) is 4.90 Å². The molecule has 7 heteroatoms. The first-order chi connectivity index (χ1) is 12.5. The third-order valence-corrected chi connectivity index (χ3v) is 6.60. The molecule has 1 heterocycles. The topological polar surface area (TPSA) is 49.9 Å². The fourth-order valence-corrected chi connectivity index (χ4v) is 4.67. The van der Waals surface area contributed by atoms with E-state index in [-0.39, 0.29) is 11.6 Å². The number of ether oxygens (including phenoxy) is 1. The summed E-state index contributed by atoms with van der Waals surface area (Å²) in [6, 6.07) is 13.4. The average Bonchev–Trinajstić information content (AvgIpc) is 2.64. The van der Waals surface area contributed by atoms with Gasteiger partial charge in [-0.15, -0.1) is 0 Å². The molecule has 0 bridgehead atoms. The summed E-state index contributed by atoms with van der Waals surface area (Å²) in [5, 5.41) is 0. The summed E-state index contributed by atoms with van der Waals surface area (Å²) in [4.78, 5) is 2.50. The number of rotatable bonds is 6. The summed E-state index contributed by atoms with van der Waals surface area (Å²) in [6.07, 6.45) is 0. The molecular formula is C19H23FN2O3S. The highest BCUT2D eigenvalue weighted by Crippen LogP contribution is 2.21. The number of aryl methyl sites for hydroxylation is 1. The van der Waals surface area contributed by atoms with Crippen molar-refractivity contribution >= 4 is 10.0 Å². The van der Waals surface area contributed by atoms with Gasteiger partial charge >= 0.3 is 0 Å². The molecule has 140 valence electrons. The molecule has 0 unspecified atom stereocenters. The molecule has 1 saturated heterocycles. The first-order valence-electron chi connectivity index (χ1n) is 8.64. The number of para-hydroxylation sites is 1. The van der Waals surface area contributed by atoms with Gasteiger partial charge in [0.05, 0.1) is 4.90 Å². The molecule has 0 aromatic heterocycles. The highest BCUT2D eigenvalue weighted by Gasteiger charge is 2.29. The monoisotopic (exact) mass is 378 g/mol. The van der Waals surface area contributed by atoms with Crippen LogP contribution in [0.3, 0.4) is 0 Å². The smallest absolute Gasteiger partial charge is 0.243 e. The van der Waals surface area contributed by atoms with Gasteiger partial charge in [-0.3, -0.25) is 4.90 Å². The third kappa shape index (κ3) is 4.23. The molecular weight excluding hydrogens is 355 g/mol. The zero-order valence-electron chi connectivity index (χ0n) is 14.8. The fraction of sp³-hybridized carbons (Fsp3) is 0.368. The SMILES string of the molecule is Cc1ccccc1S(=O)(=O)N1CCN(CCOc2ccccc2F)CC1. The highest BCUT2D eigenvalue weighted by molar-refractivity contribution is 7.89. The maximum atomic E-state index is 13.5. The highest BCUT2D eigenvalue weighted by atomic mass is 32.2. The number of benzene rings is 2. The molecule has 2 aromatic rings. The van der Waals surface area contributed by atoms with Crippen molar-refractivity contribution in [1.82, 2.24) is 9.21 Å². The van der Waals surface area contributed by atoms with Crippen LogP contribution in [0, 0.1) is 12.7 Å². The number of halogens is 1. The van der Waals surface area contributed by atoms with E-state index >= 15 is 0 Å². The van der Waals surface area contributed by atoms with Crippen LogP contribution >= 0.6 is 0 Å². The zero-order valence-corrected chi connectivity index (χ0v) is 15.6. The summed E-state index contributed by atoms with van der Waals surface area (Å²) < 4.78 is 46.1. The lowest BCUT2D eigenvalue weighted by Crippen LogP contribution is -2.49. The Labute approximate surface area is 154 Å². The summed E-state index contributed by atoms with van der Waals surface area (Å²) in [6.45, 7) is 4.95. The molecule has 0 amide bonds. The number of hydrogen-bond acceptors (Lipinski definition) is 4. The second kappa shape index (κ2) is 8.16. The molecule has 0 atom stereocenters. The predicted octanol–water partition coefficient (Wildman–Crippen LogP) is 2.52.